The number of rotatable bonds is 5. The number of ether oxygens (including phenoxy) is 1. The quantitative estimate of drug-likeness (QED) is 0.801. The Bertz CT molecular complexity index is 446. The van der Waals surface area contributed by atoms with Gasteiger partial charge in [0.05, 0.1) is 12.3 Å². The van der Waals surface area contributed by atoms with E-state index in [9.17, 15) is 18.4 Å². The van der Waals surface area contributed by atoms with Crippen LogP contribution in [0, 0.1) is 6.92 Å². The van der Waals surface area contributed by atoms with Gasteiger partial charge >= 0.3 is 12.4 Å². The van der Waals surface area contributed by atoms with E-state index in [-0.39, 0.29) is 19.0 Å². The Balaban J connectivity index is 2.79. The van der Waals surface area contributed by atoms with Crippen molar-refractivity contribution in [2.75, 3.05) is 11.9 Å². The van der Waals surface area contributed by atoms with Crippen molar-refractivity contribution in [1.82, 2.24) is 9.78 Å². The van der Waals surface area contributed by atoms with Gasteiger partial charge in [-0.15, -0.1) is 0 Å². The van der Waals surface area contributed by atoms with E-state index >= 15 is 0 Å². The van der Waals surface area contributed by atoms with Crippen LogP contribution in [0.2, 0.25) is 0 Å². The standard InChI is InChI=1S/C10H13F2N3O3/c1-3-18-8(16)5-15-7(4-6(2)14-15)13-10(17)9(11)12/h4,9H,3,5H2,1-2H3,(H,13,17). The van der Waals surface area contributed by atoms with Crippen molar-refractivity contribution in [3.8, 4) is 0 Å². The molecular weight excluding hydrogens is 248 g/mol. The highest BCUT2D eigenvalue weighted by atomic mass is 19.3. The molecule has 0 fully saturated rings. The van der Waals surface area contributed by atoms with E-state index in [2.05, 4.69) is 5.10 Å². The minimum Gasteiger partial charge on any atom is -0.465 e. The summed E-state index contributed by atoms with van der Waals surface area (Å²) in [4.78, 5) is 22.1. The summed E-state index contributed by atoms with van der Waals surface area (Å²) in [7, 11) is 0. The third kappa shape index (κ3) is 3.79. The molecule has 8 heteroatoms. The molecule has 100 valence electrons. The number of aromatic nitrogens is 2. The first-order chi connectivity index (χ1) is 8.43. The van der Waals surface area contributed by atoms with Gasteiger partial charge in [-0.1, -0.05) is 0 Å². The second-order valence-electron chi connectivity index (χ2n) is 3.42. The van der Waals surface area contributed by atoms with E-state index in [1.807, 2.05) is 5.32 Å². The molecule has 0 bridgehead atoms. The summed E-state index contributed by atoms with van der Waals surface area (Å²) in [6.45, 7) is 3.21. The zero-order valence-corrected chi connectivity index (χ0v) is 9.94. The highest BCUT2D eigenvalue weighted by Gasteiger charge is 2.18. The van der Waals surface area contributed by atoms with E-state index in [1.165, 1.54) is 6.07 Å². The van der Waals surface area contributed by atoms with Gasteiger partial charge in [0.2, 0.25) is 0 Å². The lowest BCUT2D eigenvalue weighted by molar-refractivity contribution is -0.144. The number of nitrogens with zero attached hydrogens (tertiary/aromatic N) is 2. The van der Waals surface area contributed by atoms with E-state index in [0.29, 0.717) is 5.69 Å². The van der Waals surface area contributed by atoms with Crippen molar-refractivity contribution in [1.29, 1.82) is 0 Å². The molecule has 1 aromatic heterocycles. The fourth-order valence-electron chi connectivity index (χ4n) is 1.28. The molecule has 0 aliphatic heterocycles. The average Bonchev–Trinajstić information content (AvgIpc) is 2.58. The molecule has 1 amide bonds. The molecule has 0 saturated carbocycles. The Kier molecular flexibility index (Phi) is 4.75. The Morgan fingerprint density at radius 1 is 1.56 bits per heavy atom. The second kappa shape index (κ2) is 6.08. The van der Waals surface area contributed by atoms with Crippen LogP contribution in [0.15, 0.2) is 6.07 Å². The zero-order chi connectivity index (χ0) is 13.7. The topological polar surface area (TPSA) is 73.2 Å². The van der Waals surface area contributed by atoms with Crippen molar-refractivity contribution >= 4 is 17.7 Å². The molecule has 0 aliphatic rings. The lowest BCUT2D eigenvalue weighted by Crippen LogP contribution is -2.24. The second-order valence-corrected chi connectivity index (χ2v) is 3.42. The van der Waals surface area contributed by atoms with E-state index in [0.717, 1.165) is 4.68 Å². The van der Waals surface area contributed by atoms with Crippen molar-refractivity contribution < 1.29 is 23.1 Å². The monoisotopic (exact) mass is 261 g/mol. The molecule has 6 nitrogen and oxygen atoms in total. The Hall–Kier alpha value is -1.99. The van der Waals surface area contributed by atoms with Crippen molar-refractivity contribution in [3.05, 3.63) is 11.8 Å². The first-order valence-corrected chi connectivity index (χ1v) is 5.23. The Morgan fingerprint density at radius 3 is 2.78 bits per heavy atom. The summed E-state index contributed by atoms with van der Waals surface area (Å²) in [5.41, 5.74) is 0.490. The maximum absolute atomic E-state index is 12.1. The molecule has 0 radical (unpaired) electrons. The number of amides is 1. The van der Waals surface area contributed by atoms with Gasteiger partial charge < -0.3 is 10.1 Å². The van der Waals surface area contributed by atoms with E-state index in [4.69, 9.17) is 4.74 Å². The molecule has 0 saturated heterocycles. The van der Waals surface area contributed by atoms with Crippen LogP contribution in [0.1, 0.15) is 12.6 Å². The molecule has 1 heterocycles. The average molecular weight is 261 g/mol. The first kappa shape index (κ1) is 14.1. The molecular formula is C10H13F2N3O3. The van der Waals surface area contributed by atoms with Gasteiger partial charge in [0.1, 0.15) is 12.4 Å². The van der Waals surface area contributed by atoms with Gasteiger partial charge in [-0.05, 0) is 13.8 Å². The Labute approximate surface area is 102 Å². The number of anilines is 1. The van der Waals surface area contributed by atoms with Crippen LogP contribution in [-0.2, 0) is 20.9 Å². The number of hydrogen-bond donors (Lipinski definition) is 1. The molecule has 0 spiro atoms. The minimum absolute atomic E-state index is 0.0332. The van der Waals surface area contributed by atoms with E-state index in [1.54, 1.807) is 13.8 Å². The maximum atomic E-state index is 12.1. The van der Waals surface area contributed by atoms with Gasteiger partial charge in [-0.25, -0.2) is 4.68 Å². The zero-order valence-electron chi connectivity index (χ0n) is 9.94. The molecule has 0 aliphatic carbocycles. The number of hydrogen-bond acceptors (Lipinski definition) is 4. The van der Waals surface area contributed by atoms with Gasteiger partial charge in [0, 0.05) is 6.07 Å². The minimum atomic E-state index is -3.13. The number of halogens is 2. The van der Waals surface area contributed by atoms with Crippen molar-refractivity contribution in [2.45, 2.75) is 26.8 Å². The third-order valence-corrected chi connectivity index (χ3v) is 1.94. The van der Waals surface area contributed by atoms with Crippen LogP contribution in [-0.4, -0.2) is 34.7 Å². The number of nitrogens with one attached hydrogen (secondary N) is 1. The van der Waals surface area contributed by atoms with E-state index < -0.39 is 18.3 Å². The number of esters is 1. The molecule has 0 atom stereocenters. The van der Waals surface area contributed by atoms with Crippen molar-refractivity contribution in [2.24, 2.45) is 0 Å². The van der Waals surface area contributed by atoms with Crippen LogP contribution in [0.3, 0.4) is 0 Å². The molecule has 1 N–H and O–H groups in total. The Morgan fingerprint density at radius 2 is 2.22 bits per heavy atom. The summed E-state index contributed by atoms with van der Waals surface area (Å²) in [6, 6.07) is 1.39. The van der Waals surface area contributed by atoms with Crippen molar-refractivity contribution in [3.63, 3.8) is 0 Å². The third-order valence-electron chi connectivity index (χ3n) is 1.94. The number of carbonyl (C=O) groups is 2. The number of alkyl halides is 2. The normalized spacial score (nSPS) is 10.5. The van der Waals surface area contributed by atoms with Gasteiger partial charge in [0.25, 0.3) is 5.91 Å². The highest BCUT2D eigenvalue weighted by Crippen LogP contribution is 2.11. The predicted octanol–water partition coefficient (Wildman–Crippen LogP) is 0.958. The fraction of sp³-hybridized carbons (Fsp3) is 0.500. The smallest absolute Gasteiger partial charge is 0.327 e. The summed E-state index contributed by atoms with van der Waals surface area (Å²) < 4.78 is 30.0. The number of carbonyl (C=O) groups excluding carboxylic acids is 2. The molecule has 1 rings (SSSR count). The lowest BCUT2D eigenvalue weighted by Gasteiger charge is -2.07. The van der Waals surface area contributed by atoms with Crippen LogP contribution >= 0.6 is 0 Å². The summed E-state index contributed by atoms with van der Waals surface area (Å²) >= 11 is 0. The van der Waals surface area contributed by atoms with Crippen LogP contribution in [0.4, 0.5) is 14.6 Å². The van der Waals surface area contributed by atoms with Gasteiger partial charge in [-0.2, -0.15) is 13.9 Å². The predicted molar refractivity (Wildman–Crippen MR) is 58.2 cm³/mol. The summed E-state index contributed by atoms with van der Waals surface area (Å²) in [5.74, 6) is -1.97. The molecule has 18 heavy (non-hydrogen) atoms. The SMILES string of the molecule is CCOC(=O)Cn1nc(C)cc1NC(=O)C(F)F. The maximum Gasteiger partial charge on any atom is 0.327 e. The largest absolute Gasteiger partial charge is 0.465 e. The molecule has 1 aromatic rings. The summed E-state index contributed by atoms with van der Waals surface area (Å²) in [6.07, 6.45) is -3.13. The number of aryl methyl sites for hydroxylation is 1. The molecule has 0 unspecified atom stereocenters. The van der Waals surface area contributed by atoms with Crippen LogP contribution in [0.25, 0.3) is 0 Å². The summed E-state index contributed by atoms with van der Waals surface area (Å²) in [5, 5.41) is 5.88. The van der Waals surface area contributed by atoms with Crippen LogP contribution in [0.5, 0.6) is 0 Å². The highest BCUT2D eigenvalue weighted by molar-refractivity contribution is 5.92. The molecule has 0 aromatic carbocycles. The van der Waals surface area contributed by atoms with Crippen LogP contribution < -0.4 is 5.32 Å². The van der Waals surface area contributed by atoms with Gasteiger partial charge in [-0.3, -0.25) is 9.59 Å². The first-order valence-electron chi connectivity index (χ1n) is 5.23. The van der Waals surface area contributed by atoms with Gasteiger partial charge in [0.15, 0.2) is 0 Å². The fourth-order valence-corrected chi connectivity index (χ4v) is 1.28. The lowest BCUT2D eigenvalue weighted by atomic mass is 10.4.